The van der Waals surface area contributed by atoms with Crippen LogP contribution in [-0.2, 0) is 49.5 Å². The second-order valence-electron chi connectivity index (χ2n) is 18.5. The molecule has 1 aromatic carbocycles. The molecule has 61 heavy (non-hydrogen) atoms. The third-order valence-corrected chi connectivity index (χ3v) is 14.7. The average molecular weight is 869 g/mol. The normalized spacial score (nSPS) is 40.5. The number of aliphatic hydroxyl groups excluding tert-OH is 1. The molecule has 5 aliphatic heterocycles. The highest BCUT2D eigenvalue weighted by Crippen LogP contribution is 2.45. The molecule has 3 unspecified atom stereocenters. The van der Waals surface area contributed by atoms with E-state index < -0.39 is 89.6 Å². The first kappa shape index (κ1) is 45.5. The van der Waals surface area contributed by atoms with Gasteiger partial charge in [-0.1, -0.05) is 57.1 Å². The maximum Gasteiger partial charge on any atom is 0.411 e. The van der Waals surface area contributed by atoms with E-state index in [0.717, 1.165) is 16.1 Å². The van der Waals surface area contributed by atoms with Gasteiger partial charge in [0.25, 0.3) is 0 Å². The number of carbonyl (C=O) groups is 3. The molecule has 16 heteroatoms. The molecule has 0 spiro atoms. The molecule has 1 aromatic heterocycles. The molecule has 7 rings (SSSR count). The number of hydrogen-bond donors (Lipinski definition) is 1. The van der Waals surface area contributed by atoms with E-state index in [1.54, 1.807) is 24.9 Å². The van der Waals surface area contributed by atoms with Crippen LogP contribution in [0.25, 0.3) is 10.6 Å². The molecule has 15 atom stereocenters. The Morgan fingerprint density at radius 3 is 2.52 bits per heavy atom. The summed E-state index contributed by atoms with van der Waals surface area (Å²) >= 11 is 1.53. The number of hydrogen-bond acceptors (Lipinski definition) is 15. The molecule has 2 aromatic rings. The van der Waals surface area contributed by atoms with Crippen LogP contribution in [0.3, 0.4) is 0 Å². The van der Waals surface area contributed by atoms with Crippen LogP contribution in [0.5, 0.6) is 0 Å². The van der Waals surface area contributed by atoms with E-state index in [-0.39, 0.29) is 50.7 Å². The summed E-state index contributed by atoms with van der Waals surface area (Å²) in [5.74, 6) is -4.00. The number of benzene rings is 1. The molecule has 1 N–H and O–H groups in total. The van der Waals surface area contributed by atoms with Crippen molar-refractivity contribution >= 4 is 34.9 Å². The molecule has 5 fully saturated rings. The predicted molar refractivity (Wildman–Crippen MR) is 226 cm³/mol. The number of esters is 1. The Kier molecular flexibility index (Phi) is 13.7. The lowest BCUT2D eigenvalue weighted by molar-refractivity contribution is -0.302. The number of carbonyl (C=O) groups excluding carboxylic acids is 3. The largest absolute Gasteiger partial charge is 0.458 e. The fourth-order valence-electron chi connectivity index (χ4n) is 10.6. The third-order valence-electron chi connectivity index (χ3n) is 13.9. The monoisotopic (exact) mass is 868 g/mol. The molecule has 0 saturated carbocycles. The summed E-state index contributed by atoms with van der Waals surface area (Å²) in [7, 11) is 3.83. The molecular formula is C45H64N4O11S. The molecule has 0 aliphatic carbocycles. The van der Waals surface area contributed by atoms with Crippen molar-refractivity contribution in [3.8, 4) is 10.6 Å². The molecule has 1 amide bonds. The van der Waals surface area contributed by atoms with Crippen molar-refractivity contribution in [2.24, 2.45) is 34.7 Å². The van der Waals surface area contributed by atoms with Gasteiger partial charge in [0.1, 0.15) is 29.6 Å². The number of cyclic esters (lactones) is 1. The summed E-state index contributed by atoms with van der Waals surface area (Å²) in [6, 6.07) is 6.74. The Labute approximate surface area is 363 Å². The van der Waals surface area contributed by atoms with Crippen molar-refractivity contribution in [1.82, 2.24) is 14.8 Å². The zero-order valence-electron chi connectivity index (χ0n) is 37.1. The lowest BCUT2D eigenvalue weighted by Crippen LogP contribution is -2.61. The minimum Gasteiger partial charge on any atom is -0.458 e. The highest BCUT2D eigenvalue weighted by molar-refractivity contribution is 7.13. The summed E-state index contributed by atoms with van der Waals surface area (Å²) in [5, 5.41) is 19.3. The zero-order valence-corrected chi connectivity index (χ0v) is 38.0. The molecule has 5 aliphatic rings. The van der Waals surface area contributed by atoms with Crippen molar-refractivity contribution in [3.05, 3.63) is 41.4 Å². The Morgan fingerprint density at radius 2 is 1.82 bits per heavy atom. The maximum absolute atomic E-state index is 14.9. The van der Waals surface area contributed by atoms with E-state index in [9.17, 15) is 19.5 Å². The Balaban J connectivity index is 1.37. The van der Waals surface area contributed by atoms with Crippen molar-refractivity contribution in [2.45, 2.75) is 141 Å². The molecular weight excluding hydrogens is 805 g/mol. The smallest absolute Gasteiger partial charge is 0.411 e. The van der Waals surface area contributed by atoms with Crippen LogP contribution in [-0.4, -0.2) is 137 Å². The number of rotatable bonds is 8. The van der Waals surface area contributed by atoms with E-state index in [1.165, 1.54) is 11.3 Å². The minimum absolute atomic E-state index is 0.0379. The van der Waals surface area contributed by atoms with Gasteiger partial charge >= 0.3 is 12.1 Å². The van der Waals surface area contributed by atoms with E-state index in [1.807, 2.05) is 90.2 Å². The van der Waals surface area contributed by atoms with Crippen LogP contribution < -0.4 is 0 Å². The van der Waals surface area contributed by atoms with Gasteiger partial charge < -0.3 is 43.3 Å². The van der Waals surface area contributed by atoms with Gasteiger partial charge in [-0.15, -0.1) is 11.3 Å². The van der Waals surface area contributed by atoms with Crippen LogP contribution >= 0.6 is 11.3 Å². The van der Waals surface area contributed by atoms with Crippen molar-refractivity contribution in [2.75, 3.05) is 33.9 Å². The SMILES string of the molecule is CC[C@H]1OC(=O)[C@H](C)[C@H]2OCC3COC(C)(C[C@@H](C)C(=O)[C@H](C)[C@@H]4N(C/C3=N/OCc3ccccc3-c3nccs3)C(=O)OC41C)[C@H](O[C@@H]1O[C@H](C)C[C@H](N(C)C)[C@H]1O)[C@H]2C. The lowest BCUT2D eigenvalue weighted by Gasteiger charge is -2.48. The fourth-order valence-corrected chi connectivity index (χ4v) is 11.3. The fraction of sp³-hybridized carbons (Fsp3) is 0.711. The summed E-state index contributed by atoms with van der Waals surface area (Å²) in [5.41, 5.74) is -0.353. The highest BCUT2D eigenvalue weighted by Gasteiger charge is 2.61. The van der Waals surface area contributed by atoms with Gasteiger partial charge in [0, 0.05) is 52.4 Å². The summed E-state index contributed by atoms with van der Waals surface area (Å²) < 4.78 is 40.0. The van der Waals surface area contributed by atoms with E-state index in [2.05, 4.69) is 4.98 Å². The van der Waals surface area contributed by atoms with Crippen LogP contribution in [0.15, 0.2) is 41.0 Å². The molecule has 6 bridgehead atoms. The number of fused-ring (bicyclic) bond motifs is 5. The molecule has 336 valence electrons. The zero-order chi connectivity index (χ0) is 44.0. The van der Waals surface area contributed by atoms with Gasteiger partial charge in [-0.05, 0) is 61.1 Å². The predicted octanol–water partition coefficient (Wildman–Crippen LogP) is 5.72. The second kappa shape index (κ2) is 18.3. The average Bonchev–Trinajstić information content (AvgIpc) is 3.85. The van der Waals surface area contributed by atoms with Crippen molar-refractivity contribution in [1.29, 1.82) is 0 Å². The first-order valence-corrected chi connectivity index (χ1v) is 22.7. The first-order chi connectivity index (χ1) is 29.0. The number of Topliss-reactive ketones (excluding diaryl/α,β-unsaturated/α-hetero) is 1. The molecule has 0 radical (unpaired) electrons. The number of aromatic nitrogens is 1. The van der Waals surface area contributed by atoms with Crippen molar-refractivity contribution in [3.63, 3.8) is 0 Å². The molecule has 15 nitrogen and oxygen atoms in total. The summed E-state index contributed by atoms with van der Waals surface area (Å²) in [6.45, 7) is 15.0. The standard InChI is InChI=1S/C45H64N4O11S/c1-11-34-45(8)38-26(4)35(50)24(2)19-44(7)39(59-42-36(51)33(48(9)10)18-25(3)57-42)27(5)37(28(6)41(52)58-34)54-21-30(22-55-44)32(20-49(38)43(53)60-45)47-56-23-29-14-12-13-15-31(29)40-46-16-17-61-40/h12-17,24-28,30,33-34,36-39,42,51H,11,18-23H2,1-10H3/b47-32-/t24-,25-,26+,27+,28-,30?,33+,34-,36-,37+,38+,39-,42+,44?,45?/m1/s1. The number of oxime groups is 1. The van der Waals surface area contributed by atoms with Crippen LogP contribution in [0.2, 0.25) is 0 Å². The number of ether oxygens (including phenoxy) is 6. The van der Waals surface area contributed by atoms with Crippen LogP contribution in [0.1, 0.15) is 80.2 Å². The number of ketones is 1. The Bertz CT molecular complexity index is 1920. The Hall–Kier alpha value is -3.51. The summed E-state index contributed by atoms with van der Waals surface area (Å²) in [4.78, 5) is 57.9. The van der Waals surface area contributed by atoms with Crippen LogP contribution in [0.4, 0.5) is 4.79 Å². The van der Waals surface area contributed by atoms with E-state index in [0.29, 0.717) is 18.6 Å². The Morgan fingerprint density at radius 1 is 1.07 bits per heavy atom. The molecule has 6 heterocycles. The minimum atomic E-state index is -1.39. The number of likely N-dealkylation sites (N-methyl/N-ethyl adjacent to an activating group) is 1. The quantitative estimate of drug-likeness (QED) is 0.253. The topological polar surface area (TPSA) is 168 Å². The van der Waals surface area contributed by atoms with Crippen molar-refractivity contribution < 1.29 is 52.7 Å². The van der Waals surface area contributed by atoms with Gasteiger partial charge in [0.2, 0.25) is 0 Å². The van der Waals surface area contributed by atoms with Gasteiger partial charge in [0.05, 0.1) is 61.3 Å². The van der Waals surface area contributed by atoms with Gasteiger partial charge in [-0.3, -0.25) is 14.5 Å². The maximum atomic E-state index is 14.9. The highest BCUT2D eigenvalue weighted by atomic mass is 32.1. The third kappa shape index (κ3) is 8.87. The second-order valence-corrected chi connectivity index (χ2v) is 19.4. The first-order valence-electron chi connectivity index (χ1n) is 21.8. The molecule has 5 saturated heterocycles. The summed E-state index contributed by atoms with van der Waals surface area (Å²) in [6.07, 6.45) is -2.60. The number of thiazole rings is 1. The number of nitrogens with zero attached hydrogens (tertiary/aromatic N) is 4. The van der Waals surface area contributed by atoms with E-state index in [4.69, 9.17) is 38.4 Å². The van der Waals surface area contributed by atoms with Gasteiger partial charge in [-0.2, -0.15) is 0 Å². The number of amides is 1. The number of aliphatic hydroxyl groups is 1. The van der Waals surface area contributed by atoms with E-state index >= 15 is 0 Å². The van der Waals surface area contributed by atoms with Gasteiger partial charge in [0.15, 0.2) is 11.9 Å². The van der Waals surface area contributed by atoms with Crippen LogP contribution in [0, 0.1) is 29.6 Å². The van der Waals surface area contributed by atoms with Gasteiger partial charge in [-0.25, -0.2) is 9.78 Å². The lowest BCUT2D eigenvalue weighted by atomic mass is 9.73.